The number of nitrogens with zero attached hydrogens (tertiary/aromatic N) is 3. The van der Waals surface area contributed by atoms with Crippen molar-refractivity contribution in [2.45, 2.75) is 32.4 Å². The van der Waals surface area contributed by atoms with Crippen LogP contribution in [0.2, 0.25) is 0 Å². The zero-order chi connectivity index (χ0) is 12.4. The Morgan fingerprint density at radius 2 is 2.39 bits per heavy atom. The van der Waals surface area contributed by atoms with Crippen LogP contribution in [0.5, 0.6) is 0 Å². The van der Waals surface area contributed by atoms with Gasteiger partial charge in [-0.1, -0.05) is 0 Å². The number of hydrogen-bond donors (Lipinski definition) is 0. The fourth-order valence-electron chi connectivity index (χ4n) is 2.58. The number of rotatable bonds is 3. The van der Waals surface area contributed by atoms with Gasteiger partial charge in [-0.05, 0) is 43.3 Å². The molecule has 0 spiro atoms. The predicted molar refractivity (Wildman–Crippen MR) is 73.5 cm³/mol. The maximum absolute atomic E-state index is 4.46. The second-order valence-corrected chi connectivity index (χ2v) is 5.79. The van der Waals surface area contributed by atoms with Crippen molar-refractivity contribution in [1.29, 1.82) is 0 Å². The van der Waals surface area contributed by atoms with Gasteiger partial charge >= 0.3 is 0 Å². The molecule has 0 amide bonds. The third-order valence-corrected chi connectivity index (χ3v) is 4.61. The zero-order valence-electron chi connectivity index (χ0n) is 10.5. The van der Waals surface area contributed by atoms with Crippen LogP contribution in [0.4, 0.5) is 0 Å². The van der Waals surface area contributed by atoms with E-state index in [4.69, 9.17) is 0 Å². The Kier molecular flexibility index (Phi) is 3.39. The van der Waals surface area contributed by atoms with Crippen LogP contribution < -0.4 is 0 Å². The van der Waals surface area contributed by atoms with Gasteiger partial charge in [0, 0.05) is 30.0 Å². The summed E-state index contributed by atoms with van der Waals surface area (Å²) in [6.45, 7) is 4.41. The molecule has 3 nitrogen and oxygen atoms in total. The summed E-state index contributed by atoms with van der Waals surface area (Å²) < 4.78 is 0. The number of aromatic nitrogens is 2. The molecule has 18 heavy (non-hydrogen) atoms. The highest BCUT2D eigenvalue weighted by molar-refractivity contribution is 7.10. The molecule has 4 heteroatoms. The Balaban J connectivity index is 1.78. The highest BCUT2D eigenvalue weighted by Gasteiger charge is 2.27. The number of thiophene rings is 1. The Morgan fingerprint density at radius 3 is 3.11 bits per heavy atom. The van der Waals surface area contributed by atoms with Gasteiger partial charge < -0.3 is 0 Å². The molecule has 1 atom stereocenters. The second-order valence-electron chi connectivity index (χ2n) is 4.79. The molecule has 94 valence electrons. The number of aryl methyl sites for hydroxylation is 1. The van der Waals surface area contributed by atoms with E-state index in [9.17, 15) is 0 Å². The monoisotopic (exact) mass is 259 g/mol. The Bertz CT molecular complexity index is 509. The average Bonchev–Trinajstić information content (AvgIpc) is 3.01. The van der Waals surface area contributed by atoms with Crippen LogP contribution in [0.1, 0.15) is 35.0 Å². The molecule has 1 unspecified atom stereocenters. The molecule has 0 aliphatic carbocycles. The standard InChI is InChI=1S/C14H17N3S/c1-11-4-8-18-14(11)10-17-7-2-3-13(17)12-9-15-5-6-16-12/h4-6,8-9,13H,2-3,7,10H2,1H3. The SMILES string of the molecule is Cc1ccsc1CN1CCCC1c1cnccn1. The molecule has 0 bridgehead atoms. The first-order valence-corrected chi connectivity index (χ1v) is 7.25. The molecule has 0 saturated carbocycles. The van der Waals surface area contributed by atoms with Crippen molar-refractivity contribution in [2.24, 2.45) is 0 Å². The van der Waals surface area contributed by atoms with Gasteiger partial charge in [0.15, 0.2) is 0 Å². The summed E-state index contributed by atoms with van der Waals surface area (Å²) in [6.07, 6.45) is 7.90. The van der Waals surface area contributed by atoms with Crippen molar-refractivity contribution in [3.8, 4) is 0 Å². The fraction of sp³-hybridized carbons (Fsp3) is 0.429. The first-order valence-electron chi connectivity index (χ1n) is 6.37. The topological polar surface area (TPSA) is 29.0 Å². The van der Waals surface area contributed by atoms with E-state index < -0.39 is 0 Å². The molecule has 1 aliphatic rings. The van der Waals surface area contributed by atoms with Crippen molar-refractivity contribution >= 4 is 11.3 Å². The van der Waals surface area contributed by atoms with Gasteiger partial charge in [0.2, 0.25) is 0 Å². The molecule has 1 aliphatic heterocycles. The van der Waals surface area contributed by atoms with Crippen molar-refractivity contribution in [1.82, 2.24) is 14.9 Å². The lowest BCUT2D eigenvalue weighted by Crippen LogP contribution is -2.23. The van der Waals surface area contributed by atoms with Crippen molar-refractivity contribution in [3.05, 3.63) is 46.2 Å². The third kappa shape index (κ3) is 2.31. The summed E-state index contributed by atoms with van der Waals surface area (Å²) >= 11 is 1.86. The number of likely N-dealkylation sites (tertiary alicyclic amines) is 1. The van der Waals surface area contributed by atoms with Gasteiger partial charge in [-0.2, -0.15) is 0 Å². The molecular formula is C14H17N3S. The van der Waals surface area contributed by atoms with Crippen LogP contribution in [0.3, 0.4) is 0 Å². The molecule has 2 aromatic heterocycles. The van der Waals surface area contributed by atoms with Crippen LogP contribution in [-0.4, -0.2) is 21.4 Å². The molecule has 0 radical (unpaired) electrons. The first kappa shape index (κ1) is 11.8. The summed E-state index contributed by atoms with van der Waals surface area (Å²) in [6, 6.07) is 2.65. The Labute approximate surface area is 112 Å². The van der Waals surface area contributed by atoms with E-state index >= 15 is 0 Å². The lowest BCUT2D eigenvalue weighted by Gasteiger charge is -2.23. The van der Waals surface area contributed by atoms with Gasteiger partial charge in [0.1, 0.15) is 0 Å². The Hall–Kier alpha value is -1.26. The van der Waals surface area contributed by atoms with Crippen LogP contribution in [-0.2, 0) is 6.54 Å². The Morgan fingerprint density at radius 1 is 1.44 bits per heavy atom. The van der Waals surface area contributed by atoms with Crippen LogP contribution in [0.25, 0.3) is 0 Å². The van der Waals surface area contributed by atoms with E-state index in [0.29, 0.717) is 6.04 Å². The minimum absolute atomic E-state index is 0.445. The van der Waals surface area contributed by atoms with Gasteiger partial charge in [-0.25, -0.2) is 0 Å². The lowest BCUT2D eigenvalue weighted by molar-refractivity contribution is 0.245. The van der Waals surface area contributed by atoms with Crippen molar-refractivity contribution in [3.63, 3.8) is 0 Å². The summed E-state index contributed by atoms with van der Waals surface area (Å²) in [5.41, 5.74) is 2.52. The molecular weight excluding hydrogens is 242 g/mol. The largest absolute Gasteiger partial charge is 0.290 e. The van der Waals surface area contributed by atoms with Crippen LogP contribution in [0, 0.1) is 6.92 Å². The lowest BCUT2D eigenvalue weighted by atomic mass is 10.1. The summed E-state index contributed by atoms with van der Waals surface area (Å²) in [7, 11) is 0. The molecule has 3 rings (SSSR count). The van der Waals surface area contributed by atoms with E-state index in [1.807, 2.05) is 17.5 Å². The van der Waals surface area contributed by atoms with Crippen molar-refractivity contribution in [2.75, 3.05) is 6.54 Å². The minimum atomic E-state index is 0.445. The van der Waals surface area contributed by atoms with Crippen LogP contribution >= 0.6 is 11.3 Å². The molecule has 3 heterocycles. The van der Waals surface area contributed by atoms with E-state index in [2.05, 4.69) is 33.2 Å². The molecule has 2 aromatic rings. The maximum Gasteiger partial charge on any atom is 0.0758 e. The van der Waals surface area contributed by atoms with Crippen molar-refractivity contribution < 1.29 is 0 Å². The predicted octanol–water partition coefficient (Wildman–Crippen LogP) is 3.18. The van der Waals surface area contributed by atoms with Crippen LogP contribution in [0.15, 0.2) is 30.0 Å². The third-order valence-electron chi connectivity index (χ3n) is 3.60. The molecule has 1 saturated heterocycles. The fourth-order valence-corrected chi connectivity index (χ4v) is 3.51. The van der Waals surface area contributed by atoms with E-state index in [-0.39, 0.29) is 0 Å². The van der Waals surface area contributed by atoms with Gasteiger partial charge in [0.25, 0.3) is 0 Å². The molecule has 0 aromatic carbocycles. The van der Waals surface area contributed by atoms with E-state index in [1.165, 1.54) is 29.8 Å². The zero-order valence-corrected chi connectivity index (χ0v) is 11.4. The smallest absolute Gasteiger partial charge is 0.0758 e. The summed E-state index contributed by atoms with van der Waals surface area (Å²) in [5.74, 6) is 0. The van der Waals surface area contributed by atoms with Gasteiger partial charge in [-0.3, -0.25) is 14.9 Å². The second kappa shape index (κ2) is 5.16. The van der Waals surface area contributed by atoms with Gasteiger partial charge in [0.05, 0.1) is 11.7 Å². The highest BCUT2D eigenvalue weighted by Crippen LogP contribution is 2.32. The quantitative estimate of drug-likeness (QED) is 0.847. The molecule has 1 fully saturated rings. The summed E-state index contributed by atoms with van der Waals surface area (Å²) in [4.78, 5) is 12.7. The number of hydrogen-bond acceptors (Lipinski definition) is 4. The van der Waals surface area contributed by atoms with E-state index in [1.54, 1.807) is 12.4 Å². The van der Waals surface area contributed by atoms with Gasteiger partial charge in [-0.15, -0.1) is 11.3 Å². The summed E-state index contributed by atoms with van der Waals surface area (Å²) in [5, 5.41) is 2.18. The maximum atomic E-state index is 4.46. The average molecular weight is 259 g/mol. The minimum Gasteiger partial charge on any atom is -0.290 e. The normalized spacial score (nSPS) is 20.4. The first-order chi connectivity index (χ1) is 8.84. The van der Waals surface area contributed by atoms with E-state index in [0.717, 1.165) is 12.2 Å². The molecule has 0 N–H and O–H groups in total. The highest BCUT2D eigenvalue weighted by atomic mass is 32.1.